The zero-order chi connectivity index (χ0) is 11.9. The number of aryl methyl sites for hydroxylation is 2. The molecule has 0 saturated carbocycles. The number of aromatic nitrogens is 1. The molecule has 0 spiro atoms. The summed E-state index contributed by atoms with van der Waals surface area (Å²) < 4.78 is 5.50. The number of aromatic amines is 1. The lowest BCUT2D eigenvalue weighted by Gasteiger charge is -1.99. The molecule has 0 unspecified atom stereocenters. The Morgan fingerprint density at radius 3 is 2.50 bits per heavy atom. The minimum atomic E-state index is -0.359. The zero-order valence-corrected chi connectivity index (χ0v) is 10.9. The maximum Gasteiger partial charge on any atom is 0.355 e. The first-order chi connectivity index (χ1) is 7.56. The summed E-state index contributed by atoms with van der Waals surface area (Å²) in [5, 5.41) is 1.04. The van der Waals surface area contributed by atoms with Gasteiger partial charge in [-0.1, -0.05) is 12.1 Å². The van der Waals surface area contributed by atoms with Crippen molar-refractivity contribution in [1.82, 2.24) is 4.98 Å². The van der Waals surface area contributed by atoms with Crippen LogP contribution in [0.15, 0.2) is 16.6 Å². The van der Waals surface area contributed by atoms with E-state index in [2.05, 4.69) is 20.9 Å². The minimum absolute atomic E-state index is 0.359. The number of hydrogen-bond acceptors (Lipinski definition) is 2. The molecule has 0 aliphatic rings. The van der Waals surface area contributed by atoms with E-state index in [-0.39, 0.29) is 5.97 Å². The molecule has 1 N–H and O–H groups in total. The second-order valence-corrected chi connectivity index (χ2v) is 4.55. The van der Waals surface area contributed by atoms with E-state index in [0.717, 1.165) is 26.5 Å². The SMILES string of the molecule is COC(=O)c1[nH]c2c(C)ccc(C)c2c1Br. The number of fused-ring (bicyclic) bond motifs is 1. The van der Waals surface area contributed by atoms with Crippen LogP contribution in [0, 0.1) is 13.8 Å². The van der Waals surface area contributed by atoms with Crippen molar-refractivity contribution < 1.29 is 9.53 Å². The van der Waals surface area contributed by atoms with Gasteiger partial charge in [0.15, 0.2) is 0 Å². The molecule has 84 valence electrons. The van der Waals surface area contributed by atoms with E-state index in [1.165, 1.54) is 7.11 Å². The van der Waals surface area contributed by atoms with Gasteiger partial charge in [0.25, 0.3) is 0 Å². The number of nitrogens with one attached hydrogen (secondary N) is 1. The van der Waals surface area contributed by atoms with Crippen LogP contribution in [0.5, 0.6) is 0 Å². The molecule has 1 aromatic carbocycles. The summed E-state index contributed by atoms with van der Waals surface area (Å²) in [6.45, 7) is 4.02. The molecule has 1 aromatic heterocycles. The lowest BCUT2D eigenvalue weighted by atomic mass is 10.1. The molecule has 1 heterocycles. The quantitative estimate of drug-likeness (QED) is 0.815. The zero-order valence-electron chi connectivity index (χ0n) is 9.35. The molecular weight excluding hydrogens is 270 g/mol. The molecule has 0 amide bonds. The number of benzene rings is 1. The molecule has 0 bridgehead atoms. The number of methoxy groups -OCH3 is 1. The molecule has 0 aliphatic heterocycles. The van der Waals surface area contributed by atoms with Crippen LogP contribution in [0.25, 0.3) is 10.9 Å². The van der Waals surface area contributed by atoms with Gasteiger partial charge >= 0.3 is 5.97 Å². The number of halogens is 1. The Kier molecular flexibility index (Phi) is 2.76. The van der Waals surface area contributed by atoms with Gasteiger partial charge in [0.2, 0.25) is 0 Å². The van der Waals surface area contributed by atoms with E-state index in [0.29, 0.717) is 5.69 Å². The number of H-pyrrole nitrogens is 1. The molecule has 16 heavy (non-hydrogen) atoms. The van der Waals surface area contributed by atoms with Crippen LogP contribution in [0.2, 0.25) is 0 Å². The number of hydrogen-bond donors (Lipinski definition) is 1. The standard InChI is InChI=1S/C12H12BrNO2/c1-6-4-5-7(2)10-8(6)9(13)11(14-10)12(15)16-3/h4-5,14H,1-3H3. The van der Waals surface area contributed by atoms with Crippen LogP contribution >= 0.6 is 15.9 Å². The van der Waals surface area contributed by atoms with Crippen molar-refractivity contribution in [3.63, 3.8) is 0 Å². The van der Waals surface area contributed by atoms with Crippen molar-refractivity contribution in [3.05, 3.63) is 33.4 Å². The van der Waals surface area contributed by atoms with Crippen molar-refractivity contribution in [2.75, 3.05) is 7.11 Å². The Hall–Kier alpha value is -1.29. The first-order valence-electron chi connectivity index (χ1n) is 4.92. The summed E-state index contributed by atoms with van der Waals surface area (Å²) in [6, 6.07) is 4.07. The summed E-state index contributed by atoms with van der Waals surface area (Å²) in [6.07, 6.45) is 0. The third kappa shape index (κ3) is 1.53. The fraction of sp³-hybridized carbons (Fsp3) is 0.250. The molecule has 4 heteroatoms. The van der Waals surface area contributed by atoms with Crippen molar-refractivity contribution in [2.45, 2.75) is 13.8 Å². The van der Waals surface area contributed by atoms with E-state index in [4.69, 9.17) is 4.74 Å². The van der Waals surface area contributed by atoms with Crippen LogP contribution in [0.4, 0.5) is 0 Å². The predicted molar refractivity (Wildman–Crippen MR) is 66.8 cm³/mol. The summed E-state index contributed by atoms with van der Waals surface area (Å²) in [5.41, 5.74) is 3.68. The molecule has 0 atom stereocenters. The lowest BCUT2D eigenvalue weighted by Crippen LogP contribution is -2.01. The van der Waals surface area contributed by atoms with Crippen LogP contribution < -0.4 is 0 Å². The highest BCUT2D eigenvalue weighted by atomic mass is 79.9. The first kappa shape index (κ1) is 11.2. The second-order valence-electron chi connectivity index (χ2n) is 3.75. The van der Waals surface area contributed by atoms with Gasteiger partial charge in [-0.3, -0.25) is 0 Å². The van der Waals surface area contributed by atoms with Crippen LogP contribution in [-0.2, 0) is 4.74 Å². The van der Waals surface area contributed by atoms with Gasteiger partial charge in [-0.15, -0.1) is 0 Å². The summed E-state index contributed by atoms with van der Waals surface area (Å²) >= 11 is 3.45. The van der Waals surface area contributed by atoms with Crippen LogP contribution in [0.3, 0.4) is 0 Å². The number of carbonyl (C=O) groups is 1. The monoisotopic (exact) mass is 281 g/mol. The molecule has 2 rings (SSSR count). The molecule has 2 aromatic rings. The topological polar surface area (TPSA) is 42.1 Å². The smallest absolute Gasteiger partial charge is 0.355 e. The normalized spacial score (nSPS) is 10.8. The first-order valence-corrected chi connectivity index (χ1v) is 5.71. The summed E-state index contributed by atoms with van der Waals surface area (Å²) in [5.74, 6) is -0.359. The van der Waals surface area contributed by atoms with Gasteiger partial charge in [-0.05, 0) is 40.9 Å². The Labute approximate surface area is 102 Å². The van der Waals surface area contributed by atoms with E-state index >= 15 is 0 Å². The predicted octanol–water partition coefficient (Wildman–Crippen LogP) is 3.33. The van der Waals surface area contributed by atoms with Gasteiger partial charge in [0.1, 0.15) is 5.69 Å². The number of rotatable bonds is 1. The van der Waals surface area contributed by atoms with E-state index < -0.39 is 0 Å². The number of ether oxygens (including phenoxy) is 1. The van der Waals surface area contributed by atoms with Gasteiger partial charge in [-0.25, -0.2) is 4.79 Å². The van der Waals surface area contributed by atoms with Gasteiger partial charge in [-0.2, -0.15) is 0 Å². The molecule has 0 aliphatic carbocycles. The van der Waals surface area contributed by atoms with Crippen molar-refractivity contribution in [1.29, 1.82) is 0 Å². The lowest BCUT2D eigenvalue weighted by molar-refractivity contribution is 0.0594. The van der Waals surface area contributed by atoms with E-state index in [1.54, 1.807) is 0 Å². The van der Waals surface area contributed by atoms with Gasteiger partial charge < -0.3 is 9.72 Å². The molecule has 3 nitrogen and oxygen atoms in total. The second kappa shape index (κ2) is 3.94. The average Bonchev–Trinajstić information content (AvgIpc) is 2.62. The molecule has 0 radical (unpaired) electrons. The molecule has 0 saturated heterocycles. The number of esters is 1. The Bertz CT molecular complexity index is 572. The summed E-state index contributed by atoms with van der Waals surface area (Å²) in [7, 11) is 1.37. The average molecular weight is 282 g/mol. The van der Waals surface area contributed by atoms with Crippen LogP contribution in [0.1, 0.15) is 21.6 Å². The molecular formula is C12H12BrNO2. The molecule has 0 fully saturated rings. The third-order valence-corrected chi connectivity index (χ3v) is 3.49. The fourth-order valence-electron chi connectivity index (χ4n) is 1.80. The Morgan fingerprint density at radius 2 is 1.94 bits per heavy atom. The van der Waals surface area contributed by atoms with Crippen molar-refractivity contribution in [3.8, 4) is 0 Å². The number of carbonyl (C=O) groups excluding carboxylic acids is 1. The van der Waals surface area contributed by atoms with Crippen molar-refractivity contribution >= 4 is 32.8 Å². The minimum Gasteiger partial charge on any atom is -0.464 e. The highest BCUT2D eigenvalue weighted by molar-refractivity contribution is 9.10. The Morgan fingerprint density at radius 1 is 1.31 bits per heavy atom. The van der Waals surface area contributed by atoms with E-state index in [1.807, 2.05) is 26.0 Å². The van der Waals surface area contributed by atoms with Crippen LogP contribution in [-0.4, -0.2) is 18.1 Å². The van der Waals surface area contributed by atoms with Gasteiger partial charge in [0.05, 0.1) is 17.1 Å². The fourth-order valence-corrected chi connectivity index (χ4v) is 2.57. The maximum atomic E-state index is 11.5. The Balaban J connectivity index is 2.82. The largest absolute Gasteiger partial charge is 0.464 e. The third-order valence-electron chi connectivity index (χ3n) is 2.70. The highest BCUT2D eigenvalue weighted by Crippen LogP contribution is 2.32. The van der Waals surface area contributed by atoms with Gasteiger partial charge in [0, 0.05) is 5.39 Å². The van der Waals surface area contributed by atoms with E-state index in [9.17, 15) is 4.79 Å². The highest BCUT2D eigenvalue weighted by Gasteiger charge is 2.18. The van der Waals surface area contributed by atoms with Crippen molar-refractivity contribution in [2.24, 2.45) is 0 Å². The maximum absolute atomic E-state index is 11.5. The summed E-state index contributed by atoms with van der Waals surface area (Å²) in [4.78, 5) is 14.6.